The lowest BCUT2D eigenvalue weighted by Gasteiger charge is -2.07. The molecule has 0 atom stereocenters. The van der Waals surface area contributed by atoms with Crippen molar-refractivity contribution in [3.63, 3.8) is 0 Å². The maximum Gasteiger partial charge on any atom is 0.226 e. The molecule has 98 valence electrons. The summed E-state index contributed by atoms with van der Waals surface area (Å²) >= 11 is 0. The van der Waals surface area contributed by atoms with Crippen molar-refractivity contribution < 1.29 is 9.18 Å². The first-order chi connectivity index (χ1) is 9.24. The van der Waals surface area contributed by atoms with E-state index in [0.29, 0.717) is 18.7 Å². The molecule has 1 amide bonds. The Morgan fingerprint density at radius 3 is 2.47 bits per heavy atom. The van der Waals surface area contributed by atoms with Gasteiger partial charge in [-0.3, -0.25) is 4.79 Å². The van der Waals surface area contributed by atoms with E-state index in [1.54, 1.807) is 12.1 Å². The summed E-state index contributed by atoms with van der Waals surface area (Å²) in [5, 5.41) is 5.79. The number of hydrogen-bond acceptors (Lipinski definition) is 2. The Hall–Kier alpha value is -2.36. The minimum absolute atomic E-state index is 0.144. The molecule has 0 aliphatic heterocycles. The third-order valence-electron chi connectivity index (χ3n) is 2.56. The van der Waals surface area contributed by atoms with Gasteiger partial charge in [0.05, 0.1) is 0 Å². The molecule has 19 heavy (non-hydrogen) atoms. The van der Waals surface area contributed by atoms with Crippen molar-refractivity contribution in [1.82, 2.24) is 0 Å². The Labute approximate surface area is 111 Å². The number of halogens is 1. The monoisotopic (exact) mass is 258 g/mol. The van der Waals surface area contributed by atoms with Gasteiger partial charge in [0.2, 0.25) is 5.91 Å². The number of amides is 1. The maximum absolute atomic E-state index is 12.9. The number of carbonyl (C=O) groups is 1. The number of hydrogen-bond donors (Lipinski definition) is 2. The van der Waals surface area contributed by atoms with Crippen molar-refractivity contribution in [3.8, 4) is 0 Å². The molecule has 0 aliphatic carbocycles. The standard InChI is InChI=1S/C15H15FN2O/c16-12-5-4-8-14(11-12)18-15(19)9-10-17-13-6-2-1-3-7-13/h1-8,11,17H,9-10H2,(H,18,19). The van der Waals surface area contributed by atoms with Crippen LogP contribution in [0.5, 0.6) is 0 Å². The molecular formula is C15H15FN2O. The SMILES string of the molecule is O=C(CCNc1ccccc1)Nc1cccc(F)c1. The molecule has 0 bridgehead atoms. The fraction of sp³-hybridized carbons (Fsp3) is 0.133. The molecule has 0 unspecified atom stereocenters. The third-order valence-corrected chi connectivity index (χ3v) is 2.56. The van der Waals surface area contributed by atoms with Gasteiger partial charge in [0, 0.05) is 24.3 Å². The number of nitrogens with one attached hydrogen (secondary N) is 2. The second-order valence-corrected chi connectivity index (χ2v) is 4.10. The van der Waals surface area contributed by atoms with Gasteiger partial charge < -0.3 is 10.6 Å². The molecule has 0 fully saturated rings. The van der Waals surface area contributed by atoms with E-state index in [2.05, 4.69) is 10.6 Å². The molecule has 3 nitrogen and oxygen atoms in total. The van der Waals surface area contributed by atoms with Gasteiger partial charge in [0.15, 0.2) is 0 Å². The van der Waals surface area contributed by atoms with Crippen LogP contribution in [0.2, 0.25) is 0 Å². The number of carbonyl (C=O) groups excluding carboxylic acids is 1. The van der Waals surface area contributed by atoms with Gasteiger partial charge in [-0.25, -0.2) is 4.39 Å². The summed E-state index contributed by atoms with van der Waals surface area (Å²) < 4.78 is 12.9. The number of anilines is 2. The summed E-state index contributed by atoms with van der Waals surface area (Å²) in [7, 11) is 0. The van der Waals surface area contributed by atoms with Crippen LogP contribution in [0.4, 0.5) is 15.8 Å². The number of benzene rings is 2. The van der Waals surface area contributed by atoms with Crippen LogP contribution in [-0.2, 0) is 4.79 Å². The van der Waals surface area contributed by atoms with Crippen LogP contribution in [0.3, 0.4) is 0 Å². The fourth-order valence-electron chi connectivity index (χ4n) is 1.67. The summed E-state index contributed by atoms with van der Waals surface area (Å²) in [6.07, 6.45) is 0.325. The van der Waals surface area contributed by atoms with Crippen molar-refractivity contribution in [1.29, 1.82) is 0 Å². The molecule has 4 heteroatoms. The van der Waals surface area contributed by atoms with Gasteiger partial charge >= 0.3 is 0 Å². The van der Waals surface area contributed by atoms with Crippen LogP contribution >= 0.6 is 0 Å². The van der Waals surface area contributed by atoms with Crippen LogP contribution in [0, 0.1) is 5.82 Å². The Bertz CT molecular complexity index is 543. The van der Waals surface area contributed by atoms with Crippen LogP contribution in [0.15, 0.2) is 54.6 Å². The van der Waals surface area contributed by atoms with Gasteiger partial charge in [0.1, 0.15) is 5.82 Å². The molecule has 0 aliphatic rings. The van der Waals surface area contributed by atoms with Gasteiger partial charge in [-0.1, -0.05) is 24.3 Å². The summed E-state index contributed by atoms with van der Waals surface area (Å²) in [6.45, 7) is 0.533. The van der Waals surface area contributed by atoms with E-state index in [1.165, 1.54) is 12.1 Å². The maximum atomic E-state index is 12.9. The fourth-order valence-corrected chi connectivity index (χ4v) is 1.67. The predicted molar refractivity (Wildman–Crippen MR) is 74.6 cm³/mol. The summed E-state index contributed by atoms with van der Waals surface area (Å²) in [4.78, 5) is 11.6. The molecule has 0 radical (unpaired) electrons. The van der Waals surface area contributed by atoms with E-state index in [4.69, 9.17) is 0 Å². The van der Waals surface area contributed by atoms with Gasteiger partial charge in [0.25, 0.3) is 0 Å². The molecule has 2 N–H and O–H groups in total. The highest BCUT2D eigenvalue weighted by Gasteiger charge is 2.02. The first kappa shape index (κ1) is 13.1. The zero-order chi connectivity index (χ0) is 13.5. The quantitative estimate of drug-likeness (QED) is 0.864. The lowest BCUT2D eigenvalue weighted by molar-refractivity contribution is -0.115. The smallest absolute Gasteiger partial charge is 0.226 e. The Morgan fingerprint density at radius 1 is 1.00 bits per heavy atom. The second kappa shape index (κ2) is 6.54. The normalized spacial score (nSPS) is 9.95. The van der Waals surface area contributed by atoms with Crippen molar-refractivity contribution in [2.45, 2.75) is 6.42 Å². The second-order valence-electron chi connectivity index (χ2n) is 4.10. The van der Waals surface area contributed by atoms with E-state index >= 15 is 0 Å². The number of rotatable bonds is 5. The van der Waals surface area contributed by atoms with Gasteiger partial charge in [-0.15, -0.1) is 0 Å². The van der Waals surface area contributed by atoms with Crippen molar-refractivity contribution in [2.75, 3.05) is 17.2 Å². The molecule has 0 saturated carbocycles. The lowest BCUT2D eigenvalue weighted by atomic mass is 10.3. The zero-order valence-corrected chi connectivity index (χ0v) is 10.4. The Balaban J connectivity index is 1.76. The Kier molecular flexibility index (Phi) is 4.50. The molecule has 0 heterocycles. The lowest BCUT2D eigenvalue weighted by Crippen LogP contribution is -2.16. The minimum atomic E-state index is -0.361. The zero-order valence-electron chi connectivity index (χ0n) is 10.4. The number of para-hydroxylation sites is 1. The van der Waals surface area contributed by atoms with Crippen LogP contribution in [-0.4, -0.2) is 12.5 Å². The summed E-state index contributed by atoms with van der Waals surface area (Å²) in [5.41, 5.74) is 1.45. The first-order valence-electron chi connectivity index (χ1n) is 6.08. The van der Waals surface area contributed by atoms with E-state index in [0.717, 1.165) is 5.69 Å². The van der Waals surface area contributed by atoms with Crippen molar-refractivity contribution in [2.24, 2.45) is 0 Å². The topological polar surface area (TPSA) is 41.1 Å². The van der Waals surface area contributed by atoms with Crippen LogP contribution in [0.25, 0.3) is 0 Å². The molecule has 2 rings (SSSR count). The highest BCUT2D eigenvalue weighted by Crippen LogP contribution is 2.09. The minimum Gasteiger partial charge on any atom is -0.385 e. The van der Waals surface area contributed by atoms with Gasteiger partial charge in [-0.2, -0.15) is 0 Å². The van der Waals surface area contributed by atoms with Gasteiger partial charge in [-0.05, 0) is 30.3 Å². The summed E-state index contributed by atoms with van der Waals surface area (Å²) in [6, 6.07) is 15.5. The molecule has 2 aromatic rings. The van der Waals surface area contributed by atoms with E-state index in [-0.39, 0.29) is 11.7 Å². The largest absolute Gasteiger partial charge is 0.385 e. The molecular weight excluding hydrogens is 243 g/mol. The average molecular weight is 258 g/mol. The van der Waals surface area contributed by atoms with Crippen LogP contribution in [0.1, 0.15) is 6.42 Å². The first-order valence-corrected chi connectivity index (χ1v) is 6.08. The predicted octanol–water partition coefficient (Wildman–Crippen LogP) is 3.27. The highest BCUT2D eigenvalue weighted by molar-refractivity contribution is 5.90. The van der Waals surface area contributed by atoms with E-state index in [1.807, 2.05) is 30.3 Å². The van der Waals surface area contributed by atoms with Crippen molar-refractivity contribution in [3.05, 3.63) is 60.4 Å². The highest BCUT2D eigenvalue weighted by atomic mass is 19.1. The van der Waals surface area contributed by atoms with E-state index in [9.17, 15) is 9.18 Å². The summed E-state index contributed by atoms with van der Waals surface area (Å²) in [5.74, 6) is -0.505. The Morgan fingerprint density at radius 2 is 1.74 bits per heavy atom. The van der Waals surface area contributed by atoms with Crippen LogP contribution < -0.4 is 10.6 Å². The third kappa shape index (κ3) is 4.43. The molecule has 0 saturated heterocycles. The van der Waals surface area contributed by atoms with Crippen molar-refractivity contribution >= 4 is 17.3 Å². The molecule has 2 aromatic carbocycles. The molecule has 0 spiro atoms. The molecule has 0 aromatic heterocycles. The average Bonchev–Trinajstić information content (AvgIpc) is 2.40. The van der Waals surface area contributed by atoms with E-state index < -0.39 is 0 Å².